The molecule has 2 aromatic heterocycles. The van der Waals surface area contributed by atoms with Gasteiger partial charge in [0.1, 0.15) is 5.82 Å². The van der Waals surface area contributed by atoms with Gasteiger partial charge in [-0.2, -0.15) is 5.10 Å². The van der Waals surface area contributed by atoms with Crippen molar-refractivity contribution in [2.24, 2.45) is 7.05 Å². The Morgan fingerprint density at radius 2 is 2.15 bits per heavy atom. The lowest BCUT2D eigenvalue weighted by Gasteiger charge is -2.09. The monoisotopic (exact) mass is 308 g/mol. The van der Waals surface area contributed by atoms with E-state index in [0.717, 1.165) is 22.4 Å². The molecule has 2 heterocycles. The van der Waals surface area contributed by atoms with Crippen LogP contribution >= 0.6 is 23.2 Å². The number of hydrogen-bond acceptors (Lipinski definition) is 2. The Labute approximate surface area is 126 Å². The molecule has 0 fully saturated rings. The molecular weight excluding hydrogens is 295 g/mol. The molecule has 0 saturated heterocycles. The van der Waals surface area contributed by atoms with Gasteiger partial charge in [0.05, 0.1) is 29.2 Å². The number of rotatable bonds is 3. The number of fused-ring (bicyclic) bond motifs is 1. The molecule has 3 aromatic rings. The zero-order valence-electron chi connectivity index (χ0n) is 11.2. The Bertz CT molecular complexity index is 758. The van der Waals surface area contributed by atoms with Crippen molar-refractivity contribution >= 4 is 34.2 Å². The lowest BCUT2D eigenvalue weighted by molar-refractivity contribution is 0.738. The van der Waals surface area contributed by atoms with Crippen molar-refractivity contribution < 1.29 is 0 Å². The maximum atomic E-state index is 6.25. The van der Waals surface area contributed by atoms with E-state index in [4.69, 9.17) is 23.2 Å². The van der Waals surface area contributed by atoms with E-state index in [1.165, 1.54) is 0 Å². The molecule has 4 nitrogen and oxygen atoms in total. The van der Waals surface area contributed by atoms with E-state index in [1.54, 1.807) is 4.68 Å². The Hall–Kier alpha value is -1.52. The van der Waals surface area contributed by atoms with Crippen molar-refractivity contribution in [3.63, 3.8) is 0 Å². The third-order valence-corrected chi connectivity index (χ3v) is 3.62. The first-order valence-electron chi connectivity index (χ1n) is 6.32. The van der Waals surface area contributed by atoms with E-state index < -0.39 is 0 Å². The van der Waals surface area contributed by atoms with E-state index in [0.29, 0.717) is 11.6 Å². The van der Waals surface area contributed by atoms with Gasteiger partial charge < -0.3 is 4.57 Å². The second-order valence-electron chi connectivity index (χ2n) is 4.83. The fourth-order valence-corrected chi connectivity index (χ4v) is 2.66. The van der Waals surface area contributed by atoms with E-state index in [2.05, 4.69) is 14.6 Å². The van der Waals surface area contributed by atoms with Crippen LogP contribution in [0.4, 0.5) is 0 Å². The summed E-state index contributed by atoms with van der Waals surface area (Å²) in [7, 11) is 1.90. The minimum atomic E-state index is -0.169. The van der Waals surface area contributed by atoms with Crippen LogP contribution < -0.4 is 0 Å². The molecule has 1 atom stereocenters. The number of benzene rings is 1. The van der Waals surface area contributed by atoms with Crippen LogP contribution in [0.2, 0.25) is 5.02 Å². The highest BCUT2D eigenvalue weighted by atomic mass is 35.5. The van der Waals surface area contributed by atoms with Crippen molar-refractivity contribution in [3.8, 4) is 0 Å². The standard InChI is InChI=1S/C14H14Cl2N4/c1-9(15)14-18-12-5-11(16)3-4-13(12)20(14)8-10-6-17-19(2)7-10/h3-7,9H,8H2,1-2H3. The highest BCUT2D eigenvalue weighted by Gasteiger charge is 2.15. The molecule has 0 aliphatic heterocycles. The van der Waals surface area contributed by atoms with Gasteiger partial charge in [0.15, 0.2) is 0 Å². The van der Waals surface area contributed by atoms with Crippen LogP contribution in [0.3, 0.4) is 0 Å². The van der Waals surface area contributed by atoms with Gasteiger partial charge in [0, 0.05) is 23.8 Å². The smallest absolute Gasteiger partial charge is 0.128 e. The molecule has 20 heavy (non-hydrogen) atoms. The SMILES string of the molecule is CC(Cl)c1nc2cc(Cl)ccc2n1Cc1cnn(C)c1. The maximum Gasteiger partial charge on any atom is 0.128 e. The second kappa shape index (κ2) is 5.11. The Balaban J connectivity index is 2.13. The first kappa shape index (κ1) is 13.5. The van der Waals surface area contributed by atoms with Crippen molar-refractivity contribution in [2.75, 3.05) is 0 Å². The van der Waals surface area contributed by atoms with Crippen molar-refractivity contribution in [2.45, 2.75) is 18.8 Å². The predicted octanol–water partition coefficient (Wildman–Crippen LogP) is 3.77. The number of aromatic nitrogens is 4. The molecule has 0 aliphatic rings. The molecule has 0 N–H and O–H groups in total. The average Bonchev–Trinajstić information content (AvgIpc) is 2.94. The number of halogens is 2. The molecule has 3 rings (SSSR count). The minimum Gasteiger partial charge on any atom is -0.322 e. The van der Waals surface area contributed by atoms with Gasteiger partial charge in [0.2, 0.25) is 0 Å². The topological polar surface area (TPSA) is 35.6 Å². The van der Waals surface area contributed by atoms with E-state index in [-0.39, 0.29) is 5.38 Å². The quantitative estimate of drug-likeness (QED) is 0.690. The number of imidazole rings is 1. The van der Waals surface area contributed by atoms with E-state index in [1.807, 2.05) is 44.6 Å². The summed E-state index contributed by atoms with van der Waals surface area (Å²) in [5.74, 6) is 0.841. The molecule has 1 aromatic carbocycles. The molecule has 0 radical (unpaired) electrons. The molecule has 0 aliphatic carbocycles. The van der Waals surface area contributed by atoms with Gasteiger partial charge in [-0.25, -0.2) is 4.98 Å². The molecule has 0 amide bonds. The normalized spacial score (nSPS) is 13.0. The lowest BCUT2D eigenvalue weighted by atomic mass is 10.3. The Kier molecular flexibility index (Phi) is 3.44. The minimum absolute atomic E-state index is 0.169. The number of aryl methyl sites for hydroxylation is 1. The summed E-state index contributed by atoms with van der Waals surface area (Å²) in [4.78, 5) is 4.60. The molecule has 1 unspecified atom stereocenters. The van der Waals surface area contributed by atoms with E-state index >= 15 is 0 Å². The highest BCUT2D eigenvalue weighted by Crippen LogP contribution is 2.27. The van der Waals surface area contributed by atoms with Crippen LogP contribution in [-0.2, 0) is 13.6 Å². The first-order valence-corrected chi connectivity index (χ1v) is 7.13. The van der Waals surface area contributed by atoms with Crippen molar-refractivity contribution in [3.05, 3.63) is 47.0 Å². The van der Waals surface area contributed by atoms with Crippen LogP contribution in [-0.4, -0.2) is 19.3 Å². The molecule has 0 saturated carbocycles. The summed E-state index contributed by atoms with van der Waals surface area (Å²) < 4.78 is 3.90. The molecule has 0 bridgehead atoms. The predicted molar refractivity (Wildman–Crippen MR) is 81.3 cm³/mol. The van der Waals surface area contributed by atoms with Crippen LogP contribution in [0.15, 0.2) is 30.6 Å². The molecule has 104 valence electrons. The van der Waals surface area contributed by atoms with Crippen LogP contribution in [0.25, 0.3) is 11.0 Å². The van der Waals surface area contributed by atoms with Gasteiger partial charge in [0.25, 0.3) is 0 Å². The van der Waals surface area contributed by atoms with Gasteiger partial charge >= 0.3 is 0 Å². The number of hydrogen-bond donors (Lipinski definition) is 0. The van der Waals surface area contributed by atoms with Crippen LogP contribution in [0.5, 0.6) is 0 Å². The third kappa shape index (κ3) is 2.41. The summed E-state index contributed by atoms with van der Waals surface area (Å²) in [6, 6.07) is 5.71. The highest BCUT2D eigenvalue weighted by molar-refractivity contribution is 6.31. The van der Waals surface area contributed by atoms with Crippen LogP contribution in [0, 0.1) is 0 Å². The summed E-state index contributed by atoms with van der Waals surface area (Å²) in [5.41, 5.74) is 3.00. The molecular formula is C14H14Cl2N4. The molecule has 0 spiro atoms. The van der Waals surface area contributed by atoms with Gasteiger partial charge in [-0.15, -0.1) is 11.6 Å². The van der Waals surface area contributed by atoms with Crippen molar-refractivity contribution in [1.29, 1.82) is 0 Å². The van der Waals surface area contributed by atoms with Crippen LogP contribution in [0.1, 0.15) is 23.7 Å². The fourth-order valence-electron chi connectivity index (χ4n) is 2.33. The third-order valence-electron chi connectivity index (χ3n) is 3.19. The fraction of sp³-hybridized carbons (Fsp3) is 0.286. The zero-order valence-corrected chi connectivity index (χ0v) is 12.7. The average molecular weight is 309 g/mol. The molecule has 6 heteroatoms. The van der Waals surface area contributed by atoms with E-state index in [9.17, 15) is 0 Å². The first-order chi connectivity index (χ1) is 9.54. The lowest BCUT2D eigenvalue weighted by Crippen LogP contribution is -2.05. The van der Waals surface area contributed by atoms with Gasteiger partial charge in [-0.1, -0.05) is 11.6 Å². The van der Waals surface area contributed by atoms with Gasteiger partial charge in [-0.05, 0) is 25.1 Å². The zero-order chi connectivity index (χ0) is 14.3. The second-order valence-corrected chi connectivity index (χ2v) is 5.92. The Morgan fingerprint density at radius 1 is 1.35 bits per heavy atom. The summed E-state index contributed by atoms with van der Waals surface area (Å²) in [6.45, 7) is 2.61. The summed E-state index contributed by atoms with van der Waals surface area (Å²) in [6.07, 6.45) is 3.84. The number of nitrogens with zero attached hydrogens (tertiary/aromatic N) is 4. The maximum absolute atomic E-state index is 6.25. The Morgan fingerprint density at radius 3 is 2.80 bits per heavy atom. The van der Waals surface area contributed by atoms with Crippen molar-refractivity contribution in [1.82, 2.24) is 19.3 Å². The summed E-state index contributed by atoms with van der Waals surface area (Å²) in [5, 5.41) is 4.70. The van der Waals surface area contributed by atoms with Gasteiger partial charge in [-0.3, -0.25) is 4.68 Å². The number of alkyl halides is 1. The largest absolute Gasteiger partial charge is 0.322 e. The summed E-state index contributed by atoms with van der Waals surface area (Å²) >= 11 is 12.3.